The lowest BCUT2D eigenvalue weighted by molar-refractivity contribution is 0.0827. The van der Waals surface area contributed by atoms with Gasteiger partial charge in [0, 0.05) is 37.5 Å². The Morgan fingerprint density at radius 1 is 1.00 bits per heavy atom. The van der Waals surface area contributed by atoms with E-state index in [-0.39, 0.29) is 12.7 Å². The van der Waals surface area contributed by atoms with Crippen molar-refractivity contribution < 1.29 is 14.3 Å². The summed E-state index contributed by atoms with van der Waals surface area (Å²) in [6, 6.07) is 13.2. The zero-order chi connectivity index (χ0) is 18.8. The molecule has 3 aromatic rings. The third-order valence-corrected chi connectivity index (χ3v) is 4.14. The summed E-state index contributed by atoms with van der Waals surface area (Å²) in [6.07, 6.45) is 3.45. The molecule has 136 valence electrons. The molecule has 3 heterocycles. The van der Waals surface area contributed by atoms with Crippen LogP contribution in [0.1, 0.15) is 10.4 Å². The highest BCUT2D eigenvalue weighted by atomic mass is 16.7. The van der Waals surface area contributed by atoms with Crippen molar-refractivity contribution >= 4 is 17.4 Å². The van der Waals surface area contributed by atoms with Gasteiger partial charge in [-0.05, 0) is 29.8 Å². The van der Waals surface area contributed by atoms with Crippen molar-refractivity contribution in [1.82, 2.24) is 14.9 Å². The molecule has 7 nitrogen and oxygen atoms in total. The van der Waals surface area contributed by atoms with Gasteiger partial charge in [-0.25, -0.2) is 9.97 Å². The second-order valence-electron chi connectivity index (χ2n) is 6.27. The van der Waals surface area contributed by atoms with Gasteiger partial charge in [0.25, 0.3) is 11.8 Å². The molecule has 1 amide bonds. The normalized spacial score (nSPS) is 11.9. The number of carbonyl (C=O) groups is 1. The van der Waals surface area contributed by atoms with Crippen LogP contribution in [0.3, 0.4) is 0 Å². The van der Waals surface area contributed by atoms with E-state index < -0.39 is 0 Å². The van der Waals surface area contributed by atoms with Crippen LogP contribution in [-0.2, 0) is 0 Å². The second kappa shape index (κ2) is 6.95. The number of fused-ring (bicyclic) bond motifs is 1. The number of ether oxygens (including phenoxy) is 2. The Morgan fingerprint density at radius 3 is 2.48 bits per heavy atom. The van der Waals surface area contributed by atoms with Crippen molar-refractivity contribution in [2.24, 2.45) is 0 Å². The number of nitrogens with zero attached hydrogens (tertiary/aromatic N) is 3. The van der Waals surface area contributed by atoms with Crippen molar-refractivity contribution in [3.05, 3.63) is 60.4 Å². The molecule has 1 aliphatic heterocycles. The van der Waals surface area contributed by atoms with Crippen molar-refractivity contribution in [3.8, 4) is 22.8 Å². The van der Waals surface area contributed by atoms with Gasteiger partial charge in [-0.2, -0.15) is 0 Å². The lowest BCUT2D eigenvalue weighted by atomic mass is 10.1. The summed E-state index contributed by atoms with van der Waals surface area (Å²) < 4.78 is 10.5. The number of aromatic nitrogens is 2. The van der Waals surface area contributed by atoms with Gasteiger partial charge in [0.2, 0.25) is 6.79 Å². The summed E-state index contributed by atoms with van der Waals surface area (Å²) in [6.45, 7) is 0.192. The quantitative estimate of drug-likeness (QED) is 0.767. The van der Waals surface area contributed by atoms with Gasteiger partial charge in [-0.1, -0.05) is 12.1 Å². The largest absolute Gasteiger partial charge is 0.452 e. The molecule has 0 unspecified atom stereocenters. The van der Waals surface area contributed by atoms with Crippen molar-refractivity contribution in [2.45, 2.75) is 0 Å². The molecule has 1 N–H and O–H groups in total. The maximum Gasteiger partial charge on any atom is 0.260 e. The Kier molecular flexibility index (Phi) is 4.33. The molecule has 0 radical (unpaired) electrons. The Bertz CT molecular complexity index is 970. The number of hydrogen-bond donors (Lipinski definition) is 1. The number of hydrogen-bond acceptors (Lipinski definition) is 6. The number of carbonyl (C=O) groups excluding carboxylic acids is 1. The zero-order valence-corrected chi connectivity index (χ0v) is 15.0. The van der Waals surface area contributed by atoms with Gasteiger partial charge in [0.05, 0.1) is 11.9 Å². The molecule has 27 heavy (non-hydrogen) atoms. The Balaban J connectivity index is 1.48. The number of rotatable bonds is 4. The molecule has 1 aromatic carbocycles. The minimum atomic E-state index is -0.0171. The number of amides is 1. The summed E-state index contributed by atoms with van der Waals surface area (Å²) in [5.41, 5.74) is 3.39. The molecular weight excluding hydrogens is 344 g/mol. The van der Waals surface area contributed by atoms with Crippen LogP contribution in [0.2, 0.25) is 0 Å². The van der Waals surface area contributed by atoms with Crippen LogP contribution in [-0.4, -0.2) is 41.7 Å². The molecular formula is C20H18N4O3. The molecule has 2 aromatic heterocycles. The van der Waals surface area contributed by atoms with Gasteiger partial charge < -0.3 is 19.7 Å². The van der Waals surface area contributed by atoms with E-state index >= 15 is 0 Å². The van der Waals surface area contributed by atoms with Gasteiger partial charge >= 0.3 is 0 Å². The van der Waals surface area contributed by atoms with E-state index in [9.17, 15) is 4.79 Å². The van der Waals surface area contributed by atoms with E-state index in [0.717, 1.165) is 16.8 Å². The first-order chi connectivity index (χ1) is 13.1. The minimum absolute atomic E-state index is 0.0171. The van der Waals surface area contributed by atoms with Crippen LogP contribution < -0.4 is 14.8 Å². The third-order valence-electron chi connectivity index (χ3n) is 4.14. The highest BCUT2D eigenvalue weighted by molar-refractivity contribution is 5.94. The van der Waals surface area contributed by atoms with E-state index in [1.807, 2.05) is 42.5 Å². The smallest absolute Gasteiger partial charge is 0.260 e. The highest BCUT2D eigenvalue weighted by Gasteiger charge is 2.15. The van der Waals surface area contributed by atoms with Gasteiger partial charge in [0.15, 0.2) is 5.75 Å². The van der Waals surface area contributed by atoms with Crippen LogP contribution in [0, 0.1) is 0 Å². The number of benzene rings is 1. The Morgan fingerprint density at radius 2 is 1.78 bits per heavy atom. The molecule has 4 rings (SSSR count). The standard InChI is InChI=1S/C20H18N4O3/c1-24(2)20(25)14-5-3-13(4-6-14)15-7-8-18(21-10-15)23-16-9-17-19(22-11-16)27-12-26-17/h3-11H,12H2,1-2H3,(H,21,23). The van der Waals surface area contributed by atoms with Crippen LogP contribution in [0.5, 0.6) is 11.6 Å². The fourth-order valence-corrected chi connectivity index (χ4v) is 2.71. The van der Waals surface area contributed by atoms with Crippen LogP contribution >= 0.6 is 0 Å². The monoisotopic (exact) mass is 362 g/mol. The van der Waals surface area contributed by atoms with Gasteiger partial charge in [-0.3, -0.25) is 4.79 Å². The third kappa shape index (κ3) is 3.52. The Labute approximate surface area is 156 Å². The van der Waals surface area contributed by atoms with Crippen molar-refractivity contribution in [2.75, 3.05) is 26.2 Å². The summed E-state index contributed by atoms with van der Waals surface area (Å²) in [5, 5.41) is 3.19. The number of anilines is 2. The molecule has 0 saturated heterocycles. The summed E-state index contributed by atoms with van der Waals surface area (Å²) >= 11 is 0. The average Bonchev–Trinajstić information content (AvgIpc) is 3.16. The lowest BCUT2D eigenvalue weighted by Crippen LogP contribution is -2.21. The highest BCUT2D eigenvalue weighted by Crippen LogP contribution is 2.32. The topological polar surface area (TPSA) is 76.6 Å². The minimum Gasteiger partial charge on any atom is -0.452 e. The summed E-state index contributed by atoms with van der Waals surface area (Å²) in [5.74, 6) is 1.79. The van der Waals surface area contributed by atoms with E-state index in [1.165, 1.54) is 0 Å². The zero-order valence-electron chi connectivity index (χ0n) is 15.0. The van der Waals surface area contributed by atoms with E-state index in [0.29, 0.717) is 23.0 Å². The molecule has 1 aliphatic rings. The van der Waals surface area contributed by atoms with E-state index in [1.54, 1.807) is 31.4 Å². The van der Waals surface area contributed by atoms with E-state index in [2.05, 4.69) is 15.3 Å². The fourth-order valence-electron chi connectivity index (χ4n) is 2.71. The van der Waals surface area contributed by atoms with Crippen molar-refractivity contribution in [1.29, 1.82) is 0 Å². The Hall–Kier alpha value is -3.61. The molecule has 0 bridgehead atoms. The fraction of sp³-hybridized carbons (Fsp3) is 0.150. The molecule has 0 saturated carbocycles. The summed E-state index contributed by atoms with van der Waals surface area (Å²) in [7, 11) is 3.48. The predicted octanol–water partition coefficient (Wildman–Crippen LogP) is 3.32. The SMILES string of the molecule is CN(C)C(=O)c1ccc(-c2ccc(Nc3cnc4c(c3)OCO4)nc2)cc1. The maximum atomic E-state index is 12.0. The van der Waals surface area contributed by atoms with Crippen LogP contribution in [0.4, 0.5) is 11.5 Å². The van der Waals surface area contributed by atoms with Crippen molar-refractivity contribution in [3.63, 3.8) is 0 Å². The van der Waals surface area contributed by atoms with Gasteiger partial charge in [-0.15, -0.1) is 0 Å². The second-order valence-corrected chi connectivity index (χ2v) is 6.27. The summed E-state index contributed by atoms with van der Waals surface area (Å²) in [4.78, 5) is 22.2. The first-order valence-electron chi connectivity index (χ1n) is 8.41. The number of nitrogens with one attached hydrogen (secondary N) is 1. The molecule has 7 heteroatoms. The predicted molar refractivity (Wildman–Crippen MR) is 101 cm³/mol. The van der Waals surface area contributed by atoms with Gasteiger partial charge in [0.1, 0.15) is 5.82 Å². The average molecular weight is 362 g/mol. The lowest BCUT2D eigenvalue weighted by Gasteiger charge is -2.11. The molecule has 0 atom stereocenters. The van der Waals surface area contributed by atoms with Crippen LogP contribution in [0.15, 0.2) is 54.9 Å². The molecule has 0 fully saturated rings. The first-order valence-corrected chi connectivity index (χ1v) is 8.41. The van der Waals surface area contributed by atoms with E-state index in [4.69, 9.17) is 9.47 Å². The first kappa shape index (κ1) is 16.8. The molecule has 0 spiro atoms. The molecule has 0 aliphatic carbocycles. The van der Waals surface area contributed by atoms with Crippen LogP contribution in [0.25, 0.3) is 11.1 Å². The maximum absolute atomic E-state index is 12.0. The number of pyridine rings is 2.